The summed E-state index contributed by atoms with van der Waals surface area (Å²) in [5.41, 5.74) is 1.37. The number of nitrogens with zero attached hydrogens (tertiary/aromatic N) is 1. The van der Waals surface area contributed by atoms with Gasteiger partial charge in [0.1, 0.15) is 5.60 Å². The number of likely N-dealkylation sites (tertiary alicyclic amines) is 1. The quantitative estimate of drug-likeness (QED) is 0.778. The third-order valence-corrected chi connectivity index (χ3v) is 3.30. The zero-order valence-corrected chi connectivity index (χ0v) is 12.5. The number of amides is 1. The molecule has 108 valence electrons. The van der Waals surface area contributed by atoms with Crippen LogP contribution in [-0.4, -0.2) is 35.5 Å². The van der Waals surface area contributed by atoms with Crippen molar-refractivity contribution in [3.8, 4) is 0 Å². The maximum absolute atomic E-state index is 11.8. The van der Waals surface area contributed by atoms with E-state index >= 15 is 0 Å². The lowest BCUT2D eigenvalue weighted by Gasteiger charge is -2.40. The molecule has 1 aromatic rings. The van der Waals surface area contributed by atoms with Gasteiger partial charge in [0.05, 0.1) is 0 Å². The van der Waals surface area contributed by atoms with E-state index in [0.717, 1.165) is 11.1 Å². The molecule has 0 radical (unpaired) electrons. The molecule has 0 aromatic heterocycles. The smallest absolute Gasteiger partial charge is 0.410 e. The molecule has 0 atom stereocenters. The zero-order chi connectivity index (χ0) is 14.9. The van der Waals surface area contributed by atoms with Gasteiger partial charge in [0, 0.05) is 24.6 Å². The lowest BCUT2D eigenvalue weighted by atomic mass is 9.90. The summed E-state index contributed by atoms with van der Waals surface area (Å²) in [5.74, 6) is 0.358. The molecule has 1 saturated heterocycles. The van der Waals surface area contributed by atoms with Gasteiger partial charge in [-0.3, -0.25) is 4.79 Å². The van der Waals surface area contributed by atoms with Crippen LogP contribution in [0.15, 0.2) is 24.3 Å². The van der Waals surface area contributed by atoms with Crippen molar-refractivity contribution in [1.29, 1.82) is 0 Å². The molecule has 1 aliphatic rings. The first-order valence-electron chi connectivity index (χ1n) is 6.85. The maximum atomic E-state index is 11.8. The van der Waals surface area contributed by atoms with E-state index in [1.165, 1.54) is 0 Å². The van der Waals surface area contributed by atoms with Crippen LogP contribution in [0.25, 0.3) is 0 Å². The molecule has 0 aliphatic carbocycles. The van der Waals surface area contributed by atoms with Crippen LogP contribution >= 0.6 is 0 Å². The van der Waals surface area contributed by atoms with Crippen LogP contribution in [-0.2, 0) is 4.74 Å². The molecule has 4 nitrogen and oxygen atoms in total. The van der Waals surface area contributed by atoms with Gasteiger partial charge in [-0.1, -0.05) is 18.2 Å². The molecule has 0 unspecified atom stereocenters. The Hall–Kier alpha value is -1.84. The third-order valence-electron chi connectivity index (χ3n) is 3.30. The number of benzene rings is 1. The minimum atomic E-state index is -0.462. The van der Waals surface area contributed by atoms with Crippen molar-refractivity contribution < 1.29 is 14.3 Å². The number of hydrogen-bond donors (Lipinski definition) is 0. The number of Topliss-reactive ketones (excluding diaryl/α,β-unsaturated/α-hetero) is 1. The molecule has 4 heteroatoms. The lowest BCUT2D eigenvalue weighted by Crippen LogP contribution is -2.50. The average molecular weight is 275 g/mol. The summed E-state index contributed by atoms with van der Waals surface area (Å²) in [7, 11) is 0. The van der Waals surface area contributed by atoms with Crippen molar-refractivity contribution in [1.82, 2.24) is 4.90 Å². The monoisotopic (exact) mass is 275 g/mol. The molecular weight excluding hydrogens is 254 g/mol. The number of ketones is 1. The minimum Gasteiger partial charge on any atom is -0.444 e. The normalized spacial score (nSPS) is 15.7. The summed E-state index contributed by atoms with van der Waals surface area (Å²) >= 11 is 0. The summed E-state index contributed by atoms with van der Waals surface area (Å²) in [6.07, 6.45) is -0.267. The van der Waals surface area contributed by atoms with Gasteiger partial charge in [0.25, 0.3) is 0 Å². The van der Waals surface area contributed by atoms with Crippen LogP contribution in [0, 0.1) is 0 Å². The molecule has 0 N–H and O–H groups in total. The second-order valence-electron chi connectivity index (χ2n) is 6.26. The predicted octanol–water partition coefficient (Wildman–Crippen LogP) is 3.22. The zero-order valence-electron chi connectivity index (χ0n) is 12.5. The van der Waals surface area contributed by atoms with Gasteiger partial charge >= 0.3 is 6.09 Å². The van der Waals surface area contributed by atoms with Gasteiger partial charge in [0.2, 0.25) is 0 Å². The predicted molar refractivity (Wildman–Crippen MR) is 77.0 cm³/mol. The second-order valence-corrected chi connectivity index (χ2v) is 6.26. The molecule has 0 spiro atoms. The van der Waals surface area contributed by atoms with Crippen LogP contribution in [0.3, 0.4) is 0 Å². The van der Waals surface area contributed by atoms with E-state index in [1.807, 2.05) is 45.0 Å². The van der Waals surface area contributed by atoms with Gasteiger partial charge in [-0.05, 0) is 39.3 Å². The van der Waals surface area contributed by atoms with Gasteiger partial charge < -0.3 is 9.64 Å². The Balaban J connectivity index is 1.95. The van der Waals surface area contributed by atoms with Crippen LogP contribution in [0.2, 0.25) is 0 Å². The summed E-state index contributed by atoms with van der Waals surface area (Å²) in [5, 5.41) is 0. The highest BCUT2D eigenvalue weighted by molar-refractivity contribution is 5.94. The summed E-state index contributed by atoms with van der Waals surface area (Å²) < 4.78 is 5.32. The number of carbonyl (C=O) groups excluding carboxylic acids is 2. The van der Waals surface area contributed by atoms with Gasteiger partial charge in [-0.2, -0.15) is 0 Å². The van der Waals surface area contributed by atoms with Crippen molar-refractivity contribution >= 4 is 11.9 Å². The molecule has 1 fully saturated rings. The Morgan fingerprint density at radius 1 is 1.25 bits per heavy atom. The fourth-order valence-electron chi connectivity index (χ4n) is 2.18. The highest BCUT2D eigenvalue weighted by Crippen LogP contribution is 2.28. The van der Waals surface area contributed by atoms with Crippen molar-refractivity contribution in [2.45, 2.75) is 39.2 Å². The van der Waals surface area contributed by atoms with Crippen LogP contribution in [0.4, 0.5) is 4.79 Å². The lowest BCUT2D eigenvalue weighted by molar-refractivity contribution is 0.00817. The SMILES string of the molecule is CC(=O)c1cccc(C2CN(C(=O)OC(C)(C)C)C2)c1. The Morgan fingerprint density at radius 2 is 1.90 bits per heavy atom. The van der Waals surface area contributed by atoms with E-state index in [-0.39, 0.29) is 11.9 Å². The van der Waals surface area contributed by atoms with Crippen molar-refractivity contribution in [2.75, 3.05) is 13.1 Å². The van der Waals surface area contributed by atoms with E-state index in [4.69, 9.17) is 4.74 Å². The first-order chi connectivity index (χ1) is 9.26. The topological polar surface area (TPSA) is 46.6 Å². The van der Waals surface area contributed by atoms with Crippen LogP contribution in [0.1, 0.15) is 49.5 Å². The molecule has 1 amide bonds. The molecule has 2 rings (SSSR count). The molecule has 1 aromatic carbocycles. The summed E-state index contributed by atoms with van der Waals surface area (Å²) in [6, 6.07) is 7.63. The Bertz CT molecular complexity index is 525. The van der Waals surface area contributed by atoms with Crippen LogP contribution in [0.5, 0.6) is 0 Å². The van der Waals surface area contributed by atoms with Crippen molar-refractivity contribution in [2.24, 2.45) is 0 Å². The highest BCUT2D eigenvalue weighted by atomic mass is 16.6. The molecule has 0 saturated carbocycles. The molecule has 1 heterocycles. The Morgan fingerprint density at radius 3 is 2.45 bits per heavy atom. The number of rotatable bonds is 2. The second kappa shape index (κ2) is 5.27. The first kappa shape index (κ1) is 14.6. The number of carbonyl (C=O) groups is 2. The standard InChI is InChI=1S/C16H21NO3/c1-11(18)12-6-5-7-13(8-12)14-9-17(10-14)15(19)20-16(2,3)4/h5-8,14H,9-10H2,1-4H3. The van der Waals surface area contributed by atoms with Gasteiger partial charge in [0.15, 0.2) is 5.78 Å². The van der Waals surface area contributed by atoms with Crippen molar-refractivity contribution in [3.63, 3.8) is 0 Å². The van der Waals surface area contributed by atoms with E-state index in [1.54, 1.807) is 11.8 Å². The first-order valence-corrected chi connectivity index (χ1v) is 6.85. The molecule has 0 bridgehead atoms. The van der Waals surface area contributed by atoms with E-state index in [0.29, 0.717) is 19.0 Å². The largest absolute Gasteiger partial charge is 0.444 e. The molecule has 20 heavy (non-hydrogen) atoms. The molecule has 1 aliphatic heterocycles. The third kappa shape index (κ3) is 3.38. The van der Waals surface area contributed by atoms with Gasteiger partial charge in [-0.25, -0.2) is 4.79 Å². The van der Waals surface area contributed by atoms with E-state index in [9.17, 15) is 9.59 Å². The summed E-state index contributed by atoms with van der Waals surface area (Å²) in [6.45, 7) is 8.44. The van der Waals surface area contributed by atoms with Gasteiger partial charge in [-0.15, -0.1) is 0 Å². The Labute approximate surface area is 119 Å². The van der Waals surface area contributed by atoms with Crippen molar-refractivity contribution in [3.05, 3.63) is 35.4 Å². The molecular formula is C16H21NO3. The fraction of sp³-hybridized carbons (Fsp3) is 0.500. The maximum Gasteiger partial charge on any atom is 0.410 e. The van der Waals surface area contributed by atoms with Crippen LogP contribution < -0.4 is 0 Å². The Kier molecular flexibility index (Phi) is 3.84. The average Bonchev–Trinajstić information content (AvgIpc) is 2.24. The van der Waals surface area contributed by atoms with E-state index < -0.39 is 5.60 Å². The van der Waals surface area contributed by atoms with E-state index in [2.05, 4.69) is 0 Å². The number of ether oxygens (including phenoxy) is 1. The summed E-state index contributed by atoms with van der Waals surface area (Å²) in [4.78, 5) is 24.9. The minimum absolute atomic E-state index is 0.0650. The fourth-order valence-corrected chi connectivity index (χ4v) is 2.18. The number of hydrogen-bond acceptors (Lipinski definition) is 3. The highest BCUT2D eigenvalue weighted by Gasteiger charge is 2.34.